The first kappa shape index (κ1) is 14.0. The van der Waals surface area contributed by atoms with Gasteiger partial charge in [-0.05, 0) is 19.3 Å². The highest BCUT2D eigenvalue weighted by molar-refractivity contribution is 6.32. The van der Waals surface area contributed by atoms with Crippen LogP contribution in [0, 0.1) is 0 Å². The number of nitrogens with one attached hydrogen (secondary N) is 1. The highest BCUT2D eigenvalue weighted by Gasteiger charge is 2.11. The lowest BCUT2D eigenvalue weighted by Gasteiger charge is -2.17. The van der Waals surface area contributed by atoms with Crippen molar-refractivity contribution in [2.75, 3.05) is 5.32 Å². The van der Waals surface area contributed by atoms with E-state index >= 15 is 0 Å². The van der Waals surface area contributed by atoms with E-state index in [0.717, 1.165) is 19.3 Å². The van der Waals surface area contributed by atoms with Gasteiger partial charge in [0.25, 0.3) is 5.56 Å². The maximum atomic E-state index is 11.9. The number of nitrogens with zero attached hydrogens (tertiary/aromatic N) is 2. The first-order chi connectivity index (χ1) is 8.13. The van der Waals surface area contributed by atoms with Crippen molar-refractivity contribution in [3.63, 3.8) is 0 Å². The maximum Gasteiger partial charge on any atom is 0.287 e. The molecule has 0 atom stereocenters. The number of anilines is 1. The average molecular weight is 258 g/mol. The van der Waals surface area contributed by atoms with Gasteiger partial charge in [0.05, 0.1) is 11.9 Å². The fourth-order valence-corrected chi connectivity index (χ4v) is 1.85. The zero-order valence-corrected chi connectivity index (χ0v) is 11.4. The molecule has 4 nitrogen and oxygen atoms in total. The molecule has 0 spiro atoms. The van der Waals surface area contributed by atoms with Crippen LogP contribution in [-0.2, 0) is 6.54 Å². The maximum absolute atomic E-state index is 11.9. The lowest BCUT2D eigenvalue weighted by Crippen LogP contribution is -2.26. The normalized spacial score (nSPS) is 10.9. The Morgan fingerprint density at radius 3 is 2.59 bits per heavy atom. The molecule has 0 amide bonds. The first-order valence-electron chi connectivity index (χ1n) is 6.16. The Morgan fingerprint density at radius 2 is 2.06 bits per heavy atom. The topological polar surface area (TPSA) is 46.9 Å². The minimum Gasteiger partial charge on any atom is -0.380 e. The zero-order valence-electron chi connectivity index (χ0n) is 10.7. The van der Waals surface area contributed by atoms with Gasteiger partial charge < -0.3 is 5.32 Å². The molecule has 17 heavy (non-hydrogen) atoms. The van der Waals surface area contributed by atoms with Gasteiger partial charge in [-0.25, -0.2) is 4.68 Å². The summed E-state index contributed by atoms with van der Waals surface area (Å²) in [5.41, 5.74) is 0.419. The van der Waals surface area contributed by atoms with E-state index in [0.29, 0.717) is 18.3 Å². The Morgan fingerprint density at radius 1 is 1.41 bits per heavy atom. The van der Waals surface area contributed by atoms with Gasteiger partial charge in [0.15, 0.2) is 0 Å². The quantitative estimate of drug-likeness (QED) is 0.852. The summed E-state index contributed by atoms with van der Waals surface area (Å²) in [4.78, 5) is 11.9. The molecule has 1 aromatic rings. The average Bonchev–Trinajstić information content (AvgIpc) is 2.34. The smallest absolute Gasteiger partial charge is 0.287 e. The molecule has 5 heteroatoms. The standard InChI is InChI=1S/C12H20ClN3O/c1-4-7-16-12(17)11(13)10(8-14-16)15-9(5-2)6-3/h8-9,15H,4-7H2,1-3H3. The predicted molar refractivity (Wildman–Crippen MR) is 71.8 cm³/mol. The van der Waals surface area contributed by atoms with Crippen molar-refractivity contribution in [1.29, 1.82) is 0 Å². The van der Waals surface area contributed by atoms with Crippen LogP contribution in [0.2, 0.25) is 5.02 Å². The van der Waals surface area contributed by atoms with E-state index in [9.17, 15) is 4.79 Å². The zero-order chi connectivity index (χ0) is 12.8. The van der Waals surface area contributed by atoms with Gasteiger partial charge in [-0.1, -0.05) is 32.4 Å². The number of rotatable bonds is 6. The number of aromatic nitrogens is 2. The van der Waals surface area contributed by atoms with Gasteiger partial charge in [0, 0.05) is 12.6 Å². The molecule has 1 rings (SSSR count). The van der Waals surface area contributed by atoms with E-state index in [1.165, 1.54) is 4.68 Å². The Balaban J connectivity index is 2.96. The summed E-state index contributed by atoms with van der Waals surface area (Å²) in [6, 6.07) is 0.329. The molecule has 0 saturated carbocycles. The lowest BCUT2D eigenvalue weighted by atomic mass is 10.1. The molecule has 0 aromatic carbocycles. The van der Waals surface area contributed by atoms with Crippen molar-refractivity contribution in [1.82, 2.24) is 9.78 Å². The van der Waals surface area contributed by atoms with Crippen LogP contribution in [0.1, 0.15) is 40.0 Å². The van der Waals surface area contributed by atoms with Crippen LogP contribution in [-0.4, -0.2) is 15.8 Å². The molecule has 0 aliphatic rings. The van der Waals surface area contributed by atoms with Crippen molar-refractivity contribution >= 4 is 17.3 Å². The van der Waals surface area contributed by atoms with E-state index in [-0.39, 0.29) is 10.6 Å². The van der Waals surface area contributed by atoms with Crippen LogP contribution in [0.25, 0.3) is 0 Å². The molecule has 0 bridgehead atoms. The number of hydrogen-bond donors (Lipinski definition) is 1. The molecular weight excluding hydrogens is 238 g/mol. The molecule has 0 fully saturated rings. The Bertz CT molecular complexity index is 413. The molecule has 1 heterocycles. The molecule has 1 aromatic heterocycles. The molecule has 1 N–H and O–H groups in total. The highest BCUT2D eigenvalue weighted by atomic mass is 35.5. The van der Waals surface area contributed by atoms with Crippen LogP contribution in [0.3, 0.4) is 0 Å². The number of aryl methyl sites for hydroxylation is 1. The summed E-state index contributed by atoms with van der Waals surface area (Å²) in [5, 5.41) is 7.59. The minimum absolute atomic E-state index is 0.218. The van der Waals surface area contributed by atoms with Crippen molar-refractivity contribution in [3.8, 4) is 0 Å². The van der Waals surface area contributed by atoms with Crippen molar-refractivity contribution in [3.05, 3.63) is 21.6 Å². The third-order valence-electron chi connectivity index (χ3n) is 2.77. The molecule has 0 aliphatic carbocycles. The van der Waals surface area contributed by atoms with E-state index < -0.39 is 0 Å². The number of hydrogen-bond acceptors (Lipinski definition) is 3. The Hall–Kier alpha value is -1.03. The van der Waals surface area contributed by atoms with E-state index in [1.807, 2.05) is 6.92 Å². The van der Waals surface area contributed by atoms with Crippen molar-refractivity contribution < 1.29 is 0 Å². The van der Waals surface area contributed by atoms with Crippen LogP contribution < -0.4 is 10.9 Å². The van der Waals surface area contributed by atoms with Gasteiger partial charge in [-0.3, -0.25) is 4.79 Å². The number of halogens is 1. The predicted octanol–water partition coefficient (Wildman–Crippen LogP) is 2.91. The molecule has 0 unspecified atom stereocenters. The van der Waals surface area contributed by atoms with Crippen LogP contribution >= 0.6 is 11.6 Å². The first-order valence-corrected chi connectivity index (χ1v) is 6.53. The van der Waals surface area contributed by atoms with Crippen LogP contribution in [0.4, 0.5) is 5.69 Å². The van der Waals surface area contributed by atoms with Crippen molar-refractivity contribution in [2.45, 2.75) is 52.6 Å². The minimum atomic E-state index is -0.218. The van der Waals surface area contributed by atoms with E-state index in [4.69, 9.17) is 11.6 Å². The Kier molecular flexibility index (Phi) is 5.48. The fourth-order valence-electron chi connectivity index (χ4n) is 1.65. The van der Waals surface area contributed by atoms with Crippen LogP contribution in [0.15, 0.2) is 11.0 Å². The summed E-state index contributed by atoms with van der Waals surface area (Å²) in [6.45, 7) is 6.80. The second kappa shape index (κ2) is 6.64. The Labute approximate surface area is 107 Å². The summed E-state index contributed by atoms with van der Waals surface area (Å²) in [6.07, 6.45) is 4.48. The van der Waals surface area contributed by atoms with E-state index in [1.54, 1.807) is 6.20 Å². The van der Waals surface area contributed by atoms with Crippen molar-refractivity contribution in [2.24, 2.45) is 0 Å². The fraction of sp³-hybridized carbons (Fsp3) is 0.667. The SMILES string of the molecule is CCCn1ncc(NC(CC)CC)c(Cl)c1=O. The van der Waals surface area contributed by atoms with Gasteiger partial charge in [0.2, 0.25) is 0 Å². The molecule has 0 radical (unpaired) electrons. The molecule has 0 saturated heterocycles. The van der Waals surface area contributed by atoms with Gasteiger partial charge in [0.1, 0.15) is 5.02 Å². The molecule has 96 valence electrons. The lowest BCUT2D eigenvalue weighted by molar-refractivity contribution is 0.567. The van der Waals surface area contributed by atoms with E-state index in [2.05, 4.69) is 24.3 Å². The summed E-state index contributed by atoms with van der Waals surface area (Å²) >= 11 is 6.06. The van der Waals surface area contributed by atoms with Gasteiger partial charge >= 0.3 is 0 Å². The largest absolute Gasteiger partial charge is 0.380 e. The van der Waals surface area contributed by atoms with Gasteiger partial charge in [-0.15, -0.1) is 0 Å². The summed E-state index contributed by atoms with van der Waals surface area (Å²) in [7, 11) is 0. The van der Waals surface area contributed by atoms with Gasteiger partial charge in [-0.2, -0.15) is 5.10 Å². The third kappa shape index (κ3) is 3.46. The second-order valence-corrected chi connectivity index (χ2v) is 4.44. The monoisotopic (exact) mass is 257 g/mol. The van der Waals surface area contributed by atoms with Crippen LogP contribution in [0.5, 0.6) is 0 Å². The summed E-state index contributed by atoms with van der Waals surface area (Å²) < 4.78 is 1.40. The third-order valence-corrected chi connectivity index (χ3v) is 3.13. The molecule has 0 aliphatic heterocycles. The second-order valence-electron chi connectivity index (χ2n) is 4.06. The highest BCUT2D eigenvalue weighted by Crippen LogP contribution is 2.18. The summed E-state index contributed by atoms with van der Waals surface area (Å²) in [5.74, 6) is 0. The molecular formula is C12H20ClN3O.